The maximum absolute atomic E-state index is 5.84. The van der Waals surface area contributed by atoms with Gasteiger partial charge in [0.15, 0.2) is 0 Å². The van der Waals surface area contributed by atoms with Gasteiger partial charge in [0.05, 0.1) is 0 Å². The Hall–Kier alpha value is -1.03. The monoisotopic (exact) mass is 226 g/mol. The van der Waals surface area contributed by atoms with Crippen LogP contribution in [0.2, 0.25) is 5.15 Å². The van der Waals surface area contributed by atoms with E-state index in [1.807, 2.05) is 0 Å². The molecule has 15 heavy (non-hydrogen) atoms. The molecule has 0 amide bonds. The number of nitrogens with two attached hydrogens (primary N) is 1. The molecule has 1 aliphatic rings. The average molecular weight is 227 g/mol. The number of piperidine rings is 1. The smallest absolute Gasteiger partial charge is 0.223 e. The fourth-order valence-electron chi connectivity index (χ4n) is 1.82. The van der Waals surface area contributed by atoms with Gasteiger partial charge in [-0.3, -0.25) is 0 Å². The minimum absolute atomic E-state index is 0.246. The van der Waals surface area contributed by atoms with Crippen molar-refractivity contribution in [2.75, 3.05) is 23.7 Å². The van der Waals surface area contributed by atoms with Crippen LogP contribution < -0.4 is 10.6 Å². The quantitative estimate of drug-likeness (QED) is 0.744. The van der Waals surface area contributed by atoms with Crippen molar-refractivity contribution in [1.29, 1.82) is 0 Å². The van der Waals surface area contributed by atoms with Gasteiger partial charge < -0.3 is 10.6 Å². The largest absolute Gasteiger partial charge is 0.368 e. The maximum Gasteiger partial charge on any atom is 0.223 e. The molecule has 0 saturated carbocycles. The summed E-state index contributed by atoms with van der Waals surface area (Å²) >= 11 is 5.84. The van der Waals surface area contributed by atoms with Crippen LogP contribution in [0.25, 0.3) is 0 Å². The van der Waals surface area contributed by atoms with E-state index in [0.29, 0.717) is 5.15 Å². The summed E-state index contributed by atoms with van der Waals surface area (Å²) in [7, 11) is 0. The van der Waals surface area contributed by atoms with Gasteiger partial charge >= 0.3 is 0 Å². The molecule has 2 N–H and O–H groups in total. The minimum Gasteiger partial charge on any atom is -0.368 e. The van der Waals surface area contributed by atoms with Crippen molar-refractivity contribution < 1.29 is 0 Å². The zero-order chi connectivity index (χ0) is 10.8. The lowest BCUT2D eigenvalue weighted by Gasteiger charge is -2.31. The SMILES string of the molecule is CC1CCN(c2cc(Cl)nc(N)n2)CC1. The molecule has 0 atom stereocenters. The fourth-order valence-corrected chi connectivity index (χ4v) is 2.01. The van der Waals surface area contributed by atoms with E-state index in [4.69, 9.17) is 17.3 Å². The van der Waals surface area contributed by atoms with Crippen LogP contribution in [0.15, 0.2) is 6.07 Å². The lowest BCUT2D eigenvalue weighted by Crippen LogP contribution is -2.33. The lowest BCUT2D eigenvalue weighted by atomic mass is 9.99. The molecule has 82 valence electrons. The van der Waals surface area contributed by atoms with Gasteiger partial charge in [0.2, 0.25) is 5.95 Å². The van der Waals surface area contributed by atoms with Gasteiger partial charge in [-0.25, -0.2) is 4.98 Å². The summed E-state index contributed by atoms with van der Waals surface area (Å²) in [6, 6.07) is 1.77. The molecule has 4 nitrogen and oxygen atoms in total. The van der Waals surface area contributed by atoms with Crippen molar-refractivity contribution in [3.05, 3.63) is 11.2 Å². The first-order chi connectivity index (χ1) is 7.15. The van der Waals surface area contributed by atoms with Crippen LogP contribution in [-0.2, 0) is 0 Å². The normalized spacial score (nSPS) is 18.1. The van der Waals surface area contributed by atoms with E-state index in [9.17, 15) is 0 Å². The van der Waals surface area contributed by atoms with Gasteiger partial charge in [-0.1, -0.05) is 18.5 Å². The zero-order valence-corrected chi connectivity index (χ0v) is 9.54. The first-order valence-electron chi connectivity index (χ1n) is 5.20. The molecule has 0 spiro atoms. The molecule has 1 aromatic heterocycles. The van der Waals surface area contributed by atoms with E-state index < -0.39 is 0 Å². The third-order valence-corrected chi connectivity index (χ3v) is 3.00. The second-order valence-electron chi connectivity index (χ2n) is 4.08. The Morgan fingerprint density at radius 1 is 1.40 bits per heavy atom. The van der Waals surface area contributed by atoms with E-state index in [2.05, 4.69) is 21.8 Å². The molecule has 1 fully saturated rings. The van der Waals surface area contributed by atoms with Gasteiger partial charge in [0, 0.05) is 19.2 Å². The Labute approximate surface area is 94.5 Å². The predicted molar refractivity (Wildman–Crippen MR) is 62.1 cm³/mol. The van der Waals surface area contributed by atoms with Gasteiger partial charge in [0.25, 0.3) is 0 Å². The van der Waals surface area contributed by atoms with Crippen LogP contribution in [0, 0.1) is 5.92 Å². The molecule has 0 aliphatic carbocycles. The molecular weight excluding hydrogens is 212 g/mol. The standard InChI is InChI=1S/C10H15ClN4/c1-7-2-4-15(5-3-7)9-6-8(11)13-10(12)14-9/h6-7H,2-5H2,1H3,(H2,12,13,14). The highest BCUT2D eigenvalue weighted by Crippen LogP contribution is 2.23. The molecule has 1 saturated heterocycles. The van der Waals surface area contributed by atoms with Crippen LogP contribution in [0.5, 0.6) is 0 Å². The second kappa shape index (κ2) is 4.23. The predicted octanol–water partition coefficient (Wildman–Crippen LogP) is 1.95. The van der Waals surface area contributed by atoms with Crippen molar-refractivity contribution in [2.24, 2.45) is 5.92 Å². The van der Waals surface area contributed by atoms with Crippen LogP contribution in [0.4, 0.5) is 11.8 Å². The van der Waals surface area contributed by atoms with E-state index in [1.54, 1.807) is 6.07 Å². The summed E-state index contributed by atoms with van der Waals surface area (Å²) < 4.78 is 0. The zero-order valence-electron chi connectivity index (χ0n) is 8.78. The van der Waals surface area contributed by atoms with Gasteiger partial charge in [-0.15, -0.1) is 0 Å². The maximum atomic E-state index is 5.84. The molecule has 2 heterocycles. The Bertz CT molecular complexity index is 327. The number of hydrogen-bond donors (Lipinski definition) is 1. The van der Waals surface area contributed by atoms with Gasteiger partial charge in [-0.05, 0) is 18.8 Å². The highest BCUT2D eigenvalue weighted by Gasteiger charge is 2.17. The first-order valence-corrected chi connectivity index (χ1v) is 5.58. The first kappa shape index (κ1) is 10.5. The van der Waals surface area contributed by atoms with Gasteiger partial charge in [0.1, 0.15) is 11.0 Å². The van der Waals surface area contributed by atoms with Crippen LogP contribution in [0.1, 0.15) is 19.8 Å². The number of nitrogen functional groups attached to an aromatic ring is 1. The van der Waals surface area contributed by atoms with Crippen LogP contribution >= 0.6 is 11.6 Å². The lowest BCUT2D eigenvalue weighted by molar-refractivity contribution is 0.436. The molecule has 5 heteroatoms. The Morgan fingerprint density at radius 3 is 2.67 bits per heavy atom. The number of hydrogen-bond acceptors (Lipinski definition) is 4. The third-order valence-electron chi connectivity index (χ3n) is 2.81. The average Bonchev–Trinajstić information content (AvgIpc) is 2.17. The van der Waals surface area contributed by atoms with Crippen molar-refractivity contribution in [3.8, 4) is 0 Å². The van der Waals surface area contributed by atoms with Crippen molar-refractivity contribution in [2.45, 2.75) is 19.8 Å². The molecule has 1 aliphatic heterocycles. The summed E-state index contributed by atoms with van der Waals surface area (Å²) in [6.45, 7) is 4.32. The highest BCUT2D eigenvalue weighted by atomic mass is 35.5. The Balaban J connectivity index is 2.15. The van der Waals surface area contributed by atoms with Crippen molar-refractivity contribution in [3.63, 3.8) is 0 Å². The fraction of sp³-hybridized carbons (Fsp3) is 0.600. The van der Waals surface area contributed by atoms with Crippen molar-refractivity contribution >= 4 is 23.4 Å². The summed E-state index contributed by atoms with van der Waals surface area (Å²) in [4.78, 5) is 10.3. The molecule has 1 aromatic rings. The Morgan fingerprint density at radius 2 is 2.07 bits per heavy atom. The molecule has 0 radical (unpaired) electrons. The van der Waals surface area contributed by atoms with Crippen molar-refractivity contribution in [1.82, 2.24) is 9.97 Å². The molecule has 0 bridgehead atoms. The summed E-state index contributed by atoms with van der Waals surface area (Å²) in [6.07, 6.45) is 2.39. The van der Waals surface area contributed by atoms with E-state index in [1.165, 1.54) is 12.8 Å². The third kappa shape index (κ3) is 2.50. The number of nitrogens with zero attached hydrogens (tertiary/aromatic N) is 3. The topological polar surface area (TPSA) is 55.0 Å². The molecule has 0 unspecified atom stereocenters. The number of rotatable bonds is 1. The second-order valence-corrected chi connectivity index (χ2v) is 4.46. The molecule has 0 aromatic carbocycles. The van der Waals surface area contributed by atoms with E-state index in [-0.39, 0.29) is 5.95 Å². The molecular formula is C10H15ClN4. The summed E-state index contributed by atoms with van der Waals surface area (Å²) in [5.74, 6) is 1.89. The van der Waals surface area contributed by atoms with E-state index in [0.717, 1.165) is 24.8 Å². The number of anilines is 2. The Kier molecular flexibility index (Phi) is 2.95. The summed E-state index contributed by atoms with van der Waals surface area (Å²) in [5, 5.41) is 0.413. The van der Waals surface area contributed by atoms with E-state index >= 15 is 0 Å². The molecule has 2 rings (SSSR count). The minimum atomic E-state index is 0.246. The van der Waals surface area contributed by atoms with Gasteiger partial charge in [-0.2, -0.15) is 4.98 Å². The number of halogens is 1. The highest BCUT2D eigenvalue weighted by molar-refractivity contribution is 6.29. The van der Waals surface area contributed by atoms with Crippen LogP contribution in [-0.4, -0.2) is 23.1 Å². The summed E-state index contributed by atoms with van der Waals surface area (Å²) in [5.41, 5.74) is 5.56. The van der Waals surface area contributed by atoms with Crippen LogP contribution in [0.3, 0.4) is 0 Å². The number of aromatic nitrogens is 2.